The number of aromatic nitrogens is 1. The van der Waals surface area contributed by atoms with Gasteiger partial charge in [-0.3, -0.25) is 0 Å². The molecular formula is C9H8BrNOS. The normalized spacial score (nSPS) is 10.6. The highest BCUT2D eigenvalue weighted by Gasteiger charge is 2.06. The van der Waals surface area contributed by atoms with E-state index in [1.54, 1.807) is 11.3 Å². The maximum absolute atomic E-state index is 5.48. The first kappa shape index (κ1) is 8.97. The smallest absolute Gasteiger partial charge is 0.160 e. The molecule has 1 heterocycles. The number of benzene rings is 1. The summed E-state index contributed by atoms with van der Waals surface area (Å²) < 4.78 is 7.49. The molecule has 0 bridgehead atoms. The Kier molecular flexibility index (Phi) is 2.51. The van der Waals surface area contributed by atoms with E-state index in [9.17, 15) is 0 Å². The van der Waals surface area contributed by atoms with Gasteiger partial charge in [-0.15, -0.1) is 11.3 Å². The van der Waals surface area contributed by atoms with Crippen molar-refractivity contribution in [3.05, 3.63) is 22.1 Å². The molecule has 2 aromatic rings. The second-order valence-electron chi connectivity index (χ2n) is 2.50. The Morgan fingerprint density at radius 2 is 2.38 bits per heavy atom. The van der Waals surface area contributed by atoms with Gasteiger partial charge in [0, 0.05) is 0 Å². The van der Waals surface area contributed by atoms with Crippen LogP contribution in [-0.2, 0) is 0 Å². The Bertz CT molecular complexity index is 426. The van der Waals surface area contributed by atoms with Crippen LogP contribution in [0, 0.1) is 0 Å². The minimum absolute atomic E-state index is 0.689. The van der Waals surface area contributed by atoms with Gasteiger partial charge in [-0.1, -0.05) is 6.07 Å². The zero-order chi connectivity index (χ0) is 9.26. The molecule has 0 radical (unpaired) electrons. The largest absolute Gasteiger partial charge is 0.492 e. The van der Waals surface area contributed by atoms with Crippen molar-refractivity contribution in [2.75, 3.05) is 6.61 Å². The van der Waals surface area contributed by atoms with Crippen LogP contribution < -0.4 is 4.74 Å². The highest BCUT2D eigenvalue weighted by molar-refractivity contribution is 9.11. The van der Waals surface area contributed by atoms with E-state index in [-0.39, 0.29) is 0 Å². The van der Waals surface area contributed by atoms with Gasteiger partial charge in [0.15, 0.2) is 3.92 Å². The summed E-state index contributed by atoms with van der Waals surface area (Å²) in [6.45, 7) is 2.67. The van der Waals surface area contributed by atoms with Gasteiger partial charge in [-0.2, -0.15) is 0 Å². The van der Waals surface area contributed by atoms with Crippen LogP contribution in [0.1, 0.15) is 6.92 Å². The molecule has 0 saturated heterocycles. The summed E-state index contributed by atoms with van der Waals surface area (Å²) in [5.41, 5.74) is 0.989. The fraction of sp³-hybridized carbons (Fsp3) is 0.222. The van der Waals surface area contributed by atoms with E-state index in [0.717, 1.165) is 19.9 Å². The van der Waals surface area contributed by atoms with Gasteiger partial charge >= 0.3 is 0 Å². The summed E-state index contributed by atoms with van der Waals surface area (Å²) in [6, 6.07) is 5.91. The molecule has 13 heavy (non-hydrogen) atoms. The Balaban J connectivity index is 2.60. The molecule has 1 aromatic heterocycles. The molecule has 0 amide bonds. The van der Waals surface area contributed by atoms with E-state index in [1.807, 2.05) is 25.1 Å². The maximum Gasteiger partial charge on any atom is 0.160 e. The molecule has 0 fully saturated rings. The van der Waals surface area contributed by atoms with Gasteiger partial charge in [-0.25, -0.2) is 4.98 Å². The number of nitrogens with zero attached hydrogens (tertiary/aromatic N) is 1. The minimum Gasteiger partial charge on any atom is -0.492 e. The van der Waals surface area contributed by atoms with Crippen molar-refractivity contribution < 1.29 is 4.74 Å². The zero-order valence-electron chi connectivity index (χ0n) is 7.08. The molecule has 0 aliphatic carbocycles. The Hall–Kier alpha value is -0.610. The monoisotopic (exact) mass is 257 g/mol. The highest BCUT2D eigenvalue weighted by Crippen LogP contribution is 2.33. The molecule has 2 nitrogen and oxygen atoms in total. The number of hydrogen-bond acceptors (Lipinski definition) is 3. The minimum atomic E-state index is 0.689. The van der Waals surface area contributed by atoms with Gasteiger partial charge in [0.2, 0.25) is 0 Å². The third-order valence-electron chi connectivity index (χ3n) is 1.65. The van der Waals surface area contributed by atoms with E-state index in [2.05, 4.69) is 20.9 Å². The highest BCUT2D eigenvalue weighted by atomic mass is 79.9. The second kappa shape index (κ2) is 3.64. The molecule has 4 heteroatoms. The first-order valence-electron chi connectivity index (χ1n) is 3.99. The molecule has 0 unspecified atom stereocenters. The first-order valence-corrected chi connectivity index (χ1v) is 5.60. The van der Waals surface area contributed by atoms with Gasteiger partial charge in [0.05, 0.1) is 16.8 Å². The molecule has 0 N–H and O–H groups in total. The number of halogens is 1. The van der Waals surface area contributed by atoms with Crippen molar-refractivity contribution in [1.29, 1.82) is 0 Å². The van der Waals surface area contributed by atoms with Crippen molar-refractivity contribution in [3.63, 3.8) is 0 Å². The van der Waals surface area contributed by atoms with Crippen LogP contribution in [0.2, 0.25) is 0 Å². The van der Waals surface area contributed by atoms with Crippen molar-refractivity contribution in [2.24, 2.45) is 0 Å². The third-order valence-corrected chi connectivity index (χ3v) is 3.19. The summed E-state index contributed by atoms with van der Waals surface area (Å²) in [5, 5.41) is 0. The predicted octanol–water partition coefficient (Wildman–Crippen LogP) is 3.46. The van der Waals surface area contributed by atoms with Crippen molar-refractivity contribution in [3.8, 4) is 5.75 Å². The summed E-state index contributed by atoms with van der Waals surface area (Å²) in [4.78, 5) is 4.31. The van der Waals surface area contributed by atoms with E-state index >= 15 is 0 Å². The van der Waals surface area contributed by atoms with Gasteiger partial charge in [-0.05, 0) is 35.0 Å². The number of rotatable bonds is 2. The van der Waals surface area contributed by atoms with Crippen LogP contribution in [-0.4, -0.2) is 11.6 Å². The molecule has 0 spiro atoms. The van der Waals surface area contributed by atoms with Crippen LogP contribution in [0.3, 0.4) is 0 Å². The van der Waals surface area contributed by atoms with Gasteiger partial charge in [0.1, 0.15) is 5.75 Å². The Morgan fingerprint density at radius 3 is 3.15 bits per heavy atom. The lowest BCUT2D eigenvalue weighted by Gasteiger charge is -2.01. The lowest BCUT2D eigenvalue weighted by Crippen LogP contribution is -1.90. The van der Waals surface area contributed by atoms with Crippen LogP contribution >= 0.6 is 27.3 Å². The second-order valence-corrected chi connectivity index (χ2v) is 4.78. The first-order chi connectivity index (χ1) is 6.31. The number of hydrogen-bond donors (Lipinski definition) is 0. The summed E-state index contributed by atoms with van der Waals surface area (Å²) in [5.74, 6) is 0.920. The van der Waals surface area contributed by atoms with E-state index in [4.69, 9.17) is 4.74 Å². The SMILES string of the molecule is CCOc1cccc2nc(Br)sc12. The Morgan fingerprint density at radius 1 is 1.54 bits per heavy atom. The van der Waals surface area contributed by atoms with Gasteiger partial charge in [0.25, 0.3) is 0 Å². The molecule has 68 valence electrons. The van der Waals surface area contributed by atoms with Crippen LogP contribution in [0.15, 0.2) is 22.1 Å². The van der Waals surface area contributed by atoms with Gasteiger partial charge < -0.3 is 4.74 Å². The molecular weight excluding hydrogens is 250 g/mol. The fourth-order valence-corrected chi connectivity index (χ4v) is 2.60. The number of thiazole rings is 1. The van der Waals surface area contributed by atoms with Crippen molar-refractivity contribution in [1.82, 2.24) is 4.98 Å². The van der Waals surface area contributed by atoms with Crippen molar-refractivity contribution >= 4 is 37.5 Å². The lowest BCUT2D eigenvalue weighted by molar-refractivity contribution is 0.345. The quantitative estimate of drug-likeness (QED) is 0.822. The van der Waals surface area contributed by atoms with Crippen molar-refractivity contribution in [2.45, 2.75) is 6.92 Å². The summed E-state index contributed by atoms with van der Waals surface area (Å²) in [6.07, 6.45) is 0. The average Bonchev–Trinajstić information content (AvgIpc) is 2.47. The third kappa shape index (κ3) is 1.69. The van der Waals surface area contributed by atoms with Crippen LogP contribution in [0.25, 0.3) is 10.2 Å². The zero-order valence-corrected chi connectivity index (χ0v) is 9.48. The maximum atomic E-state index is 5.48. The fourth-order valence-electron chi connectivity index (χ4n) is 1.17. The Labute approximate surface area is 88.7 Å². The summed E-state index contributed by atoms with van der Waals surface area (Å²) in [7, 11) is 0. The molecule has 0 saturated carbocycles. The predicted molar refractivity (Wildman–Crippen MR) is 58.5 cm³/mol. The number of fused-ring (bicyclic) bond motifs is 1. The summed E-state index contributed by atoms with van der Waals surface area (Å²) >= 11 is 4.96. The molecule has 0 atom stereocenters. The van der Waals surface area contributed by atoms with Crippen LogP contribution in [0.5, 0.6) is 5.75 Å². The average molecular weight is 258 g/mol. The van der Waals surface area contributed by atoms with E-state index in [1.165, 1.54) is 0 Å². The molecule has 2 rings (SSSR count). The molecule has 1 aromatic carbocycles. The van der Waals surface area contributed by atoms with Crippen LogP contribution in [0.4, 0.5) is 0 Å². The van der Waals surface area contributed by atoms with E-state index < -0.39 is 0 Å². The van der Waals surface area contributed by atoms with E-state index in [0.29, 0.717) is 6.61 Å². The lowest BCUT2D eigenvalue weighted by atomic mass is 10.3. The topological polar surface area (TPSA) is 22.1 Å². The molecule has 0 aliphatic heterocycles. The molecule has 0 aliphatic rings. The standard InChI is InChI=1S/C9H8BrNOS/c1-2-12-7-5-3-4-6-8(7)13-9(10)11-6/h3-5H,2H2,1H3. The number of ether oxygens (including phenoxy) is 1.